The highest BCUT2D eigenvalue weighted by Gasteiger charge is 2.22. The van der Waals surface area contributed by atoms with Gasteiger partial charge in [0, 0.05) is 31.1 Å². The molecule has 0 unspecified atom stereocenters. The van der Waals surface area contributed by atoms with E-state index in [1.807, 2.05) is 12.3 Å². The van der Waals surface area contributed by atoms with Crippen molar-refractivity contribution in [2.75, 3.05) is 13.1 Å². The summed E-state index contributed by atoms with van der Waals surface area (Å²) in [6, 6.07) is 0. The number of thiazole rings is 1. The predicted molar refractivity (Wildman–Crippen MR) is 66.4 cm³/mol. The largest absolute Gasteiger partial charge is 0.356 e. The van der Waals surface area contributed by atoms with Gasteiger partial charge in [-0.2, -0.15) is 0 Å². The van der Waals surface area contributed by atoms with E-state index in [0.29, 0.717) is 19.5 Å². The highest BCUT2D eigenvalue weighted by atomic mass is 32.1. The van der Waals surface area contributed by atoms with Crippen LogP contribution in [-0.4, -0.2) is 24.0 Å². The second-order valence-corrected chi connectivity index (χ2v) is 4.99. The van der Waals surface area contributed by atoms with Crippen LogP contribution in [0.25, 0.3) is 0 Å². The summed E-state index contributed by atoms with van der Waals surface area (Å²) in [5, 5.41) is 9.12. The number of rotatable bonds is 6. The molecular weight excluding hydrogens is 222 g/mol. The molecule has 0 bridgehead atoms. The molecule has 4 nitrogen and oxygen atoms in total. The van der Waals surface area contributed by atoms with Crippen molar-refractivity contribution in [2.24, 2.45) is 0 Å². The maximum absolute atomic E-state index is 11.3. The van der Waals surface area contributed by atoms with Gasteiger partial charge in [-0.1, -0.05) is 0 Å². The van der Waals surface area contributed by atoms with E-state index in [9.17, 15) is 4.79 Å². The zero-order valence-electron chi connectivity index (χ0n) is 10.0. The van der Waals surface area contributed by atoms with Crippen LogP contribution in [-0.2, 0) is 10.3 Å². The van der Waals surface area contributed by atoms with E-state index in [2.05, 4.69) is 29.5 Å². The predicted octanol–water partition coefficient (Wildman–Crippen LogP) is 1.49. The quantitative estimate of drug-likeness (QED) is 0.793. The number of nitrogens with one attached hydrogen (secondary N) is 2. The van der Waals surface area contributed by atoms with Gasteiger partial charge < -0.3 is 10.6 Å². The third-order valence-corrected chi connectivity index (χ3v) is 3.36. The molecule has 1 rings (SSSR count). The van der Waals surface area contributed by atoms with E-state index in [-0.39, 0.29) is 11.4 Å². The number of aromatic nitrogens is 1. The van der Waals surface area contributed by atoms with Crippen molar-refractivity contribution in [3.8, 4) is 0 Å². The van der Waals surface area contributed by atoms with Crippen LogP contribution in [0.5, 0.6) is 0 Å². The lowest BCUT2D eigenvalue weighted by Crippen LogP contribution is -2.38. The van der Waals surface area contributed by atoms with Crippen LogP contribution in [0, 0.1) is 0 Å². The molecule has 0 saturated heterocycles. The van der Waals surface area contributed by atoms with Crippen LogP contribution in [0.2, 0.25) is 0 Å². The maximum atomic E-state index is 11.3. The molecule has 0 saturated carbocycles. The minimum Gasteiger partial charge on any atom is -0.356 e. The Morgan fingerprint density at radius 3 is 2.88 bits per heavy atom. The normalized spacial score (nSPS) is 11.4. The first-order chi connectivity index (χ1) is 7.56. The number of hydrogen-bond acceptors (Lipinski definition) is 4. The van der Waals surface area contributed by atoms with E-state index >= 15 is 0 Å². The van der Waals surface area contributed by atoms with Gasteiger partial charge >= 0.3 is 0 Å². The molecule has 0 atom stereocenters. The molecule has 2 N–H and O–H groups in total. The highest BCUT2D eigenvalue weighted by molar-refractivity contribution is 7.09. The van der Waals surface area contributed by atoms with E-state index in [1.165, 1.54) is 0 Å². The Labute approximate surface area is 100 Å². The molecule has 0 fully saturated rings. The fourth-order valence-electron chi connectivity index (χ4n) is 1.38. The first-order valence-corrected chi connectivity index (χ1v) is 6.36. The number of amides is 1. The summed E-state index contributed by atoms with van der Waals surface area (Å²) in [5.74, 6) is 0.0879. The number of carbonyl (C=O) groups excluding carboxylic acids is 1. The van der Waals surface area contributed by atoms with Crippen LogP contribution in [0.1, 0.15) is 32.2 Å². The van der Waals surface area contributed by atoms with E-state index in [4.69, 9.17) is 0 Å². The molecule has 5 heteroatoms. The van der Waals surface area contributed by atoms with E-state index in [1.54, 1.807) is 17.5 Å². The first-order valence-electron chi connectivity index (χ1n) is 5.48. The van der Waals surface area contributed by atoms with Gasteiger partial charge in [-0.3, -0.25) is 4.79 Å². The van der Waals surface area contributed by atoms with E-state index < -0.39 is 0 Å². The van der Waals surface area contributed by atoms with Crippen LogP contribution in [0.4, 0.5) is 0 Å². The number of nitrogens with zero attached hydrogens (tertiary/aromatic N) is 1. The first kappa shape index (κ1) is 13.1. The monoisotopic (exact) mass is 241 g/mol. The minimum absolute atomic E-state index is 0.0879. The Morgan fingerprint density at radius 2 is 2.31 bits per heavy atom. The van der Waals surface area contributed by atoms with Gasteiger partial charge in [0.05, 0.1) is 5.54 Å². The van der Waals surface area contributed by atoms with Gasteiger partial charge in [-0.05, 0) is 20.8 Å². The average Bonchev–Trinajstić information content (AvgIpc) is 2.71. The van der Waals surface area contributed by atoms with Crippen molar-refractivity contribution in [3.05, 3.63) is 16.6 Å². The molecule has 16 heavy (non-hydrogen) atoms. The Morgan fingerprint density at radius 1 is 1.56 bits per heavy atom. The SMILES string of the molecule is CCNC(=O)CCNC(C)(C)c1nccs1. The minimum atomic E-state index is -0.166. The molecule has 90 valence electrons. The topological polar surface area (TPSA) is 54.0 Å². The van der Waals surface area contributed by atoms with Crippen molar-refractivity contribution in [1.29, 1.82) is 0 Å². The van der Waals surface area contributed by atoms with Crippen molar-refractivity contribution in [1.82, 2.24) is 15.6 Å². The van der Waals surface area contributed by atoms with Crippen LogP contribution in [0.15, 0.2) is 11.6 Å². The van der Waals surface area contributed by atoms with Crippen LogP contribution < -0.4 is 10.6 Å². The summed E-state index contributed by atoms with van der Waals surface area (Å²) in [4.78, 5) is 15.5. The van der Waals surface area contributed by atoms with Crippen LogP contribution in [0.3, 0.4) is 0 Å². The lowest BCUT2D eigenvalue weighted by Gasteiger charge is -2.23. The molecule has 0 spiro atoms. The lowest BCUT2D eigenvalue weighted by molar-refractivity contribution is -0.120. The van der Waals surface area contributed by atoms with Gasteiger partial charge in [-0.15, -0.1) is 11.3 Å². The number of hydrogen-bond donors (Lipinski definition) is 2. The molecule has 1 amide bonds. The van der Waals surface area contributed by atoms with Gasteiger partial charge in [0.15, 0.2) is 0 Å². The lowest BCUT2D eigenvalue weighted by atomic mass is 10.1. The standard InChI is InChI=1S/C11H19N3OS/c1-4-12-9(15)5-6-14-11(2,3)10-13-7-8-16-10/h7-8,14H,4-6H2,1-3H3,(H,12,15). The average molecular weight is 241 g/mol. The number of carbonyl (C=O) groups is 1. The van der Waals surface area contributed by atoms with Crippen molar-refractivity contribution >= 4 is 17.2 Å². The Kier molecular flexibility index (Phi) is 4.89. The van der Waals surface area contributed by atoms with Gasteiger partial charge in [0.1, 0.15) is 5.01 Å². The smallest absolute Gasteiger partial charge is 0.221 e. The third-order valence-electron chi connectivity index (χ3n) is 2.26. The van der Waals surface area contributed by atoms with Crippen LogP contribution >= 0.6 is 11.3 Å². The summed E-state index contributed by atoms with van der Waals surface area (Å²) in [6.07, 6.45) is 2.30. The Bertz CT molecular complexity index is 322. The van der Waals surface area contributed by atoms with Gasteiger partial charge in [0.2, 0.25) is 5.91 Å². The summed E-state index contributed by atoms with van der Waals surface area (Å²) in [6.45, 7) is 7.42. The molecule has 1 heterocycles. The molecule has 1 aromatic heterocycles. The Balaban J connectivity index is 2.34. The molecule has 0 aliphatic carbocycles. The van der Waals surface area contributed by atoms with Crippen molar-refractivity contribution in [3.63, 3.8) is 0 Å². The molecule has 1 aromatic rings. The van der Waals surface area contributed by atoms with Gasteiger partial charge in [-0.25, -0.2) is 4.98 Å². The van der Waals surface area contributed by atoms with Crippen molar-refractivity contribution in [2.45, 2.75) is 32.7 Å². The molecular formula is C11H19N3OS. The fourth-order valence-corrected chi connectivity index (χ4v) is 2.12. The second kappa shape index (κ2) is 5.96. The zero-order valence-corrected chi connectivity index (χ0v) is 10.9. The highest BCUT2D eigenvalue weighted by Crippen LogP contribution is 2.21. The molecule has 0 aromatic carbocycles. The van der Waals surface area contributed by atoms with Gasteiger partial charge in [0.25, 0.3) is 0 Å². The second-order valence-electron chi connectivity index (χ2n) is 4.09. The fraction of sp³-hybridized carbons (Fsp3) is 0.636. The van der Waals surface area contributed by atoms with Crippen molar-refractivity contribution < 1.29 is 4.79 Å². The Hall–Kier alpha value is -0.940. The summed E-state index contributed by atoms with van der Waals surface area (Å²) < 4.78 is 0. The molecule has 0 aliphatic heterocycles. The summed E-state index contributed by atoms with van der Waals surface area (Å²) in [5.41, 5.74) is -0.166. The maximum Gasteiger partial charge on any atom is 0.221 e. The summed E-state index contributed by atoms with van der Waals surface area (Å²) in [7, 11) is 0. The third kappa shape index (κ3) is 3.90. The molecule has 0 aliphatic rings. The molecule has 0 radical (unpaired) electrons. The van der Waals surface area contributed by atoms with E-state index in [0.717, 1.165) is 5.01 Å². The zero-order chi connectivity index (χ0) is 12.0. The summed E-state index contributed by atoms with van der Waals surface area (Å²) >= 11 is 1.62.